The number of nitrogens with two attached hydrogens (primary N) is 1. The number of benzene rings is 1. The van der Waals surface area contributed by atoms with Crippen molar-refractivity contribution in [2.75, 3.05) is 12.8 Å². The summed E-state index contributed by atoms with van der Waals surface area (Å²) in [5.74, 6) is -1.85. The van der Waals surface area contributed by atoms with Crippen LogP contribution >= 0.6 is 15.9 Å². The van der Waals surface area contributed by atoms with Crippen molar-refractivity contribution < 1.29 is 19.4 Å². The fourth-order valence-corrected chi connectivity index (χ4v) is 2.44. The van der Waals surface area contributed by atoms with Crippen LogP contribution in [0.25, 0.3) is 5.69 Å². The number of aromatic carboxylic acids is 1. The van der Waals surface area contributed by atoms with Crippen molar-refractivity contribution in [2.45, 2.75) is 0 Å². The molecule has 1 aromatic carbocycles. The van der Waals surface area contributed by atoms with Crippen LogP contribution < -0.4 is 5.73 Å². The van der Waals surface area contributed by atoms with Gasteiger partial charge in [-0.15, -0.1) is 0 Å². The van der Waals surface area contributed by atoms with Crippen LogP contribution in [0.15, 0.2) is 28.9 Å². The number of rotatable bonds is 3. The van der Waals surface area contributed by atoms with E-state index < -0.39 is 11.9 Å². The van der Waals surface area contributed by atoms with Gasteiger partial charge < -0.3 is 20.1 Å². The second kappa shape index (κ2) is 5.91. The molecule has 1 heterocycles. The molecule has 0 bridgehead atoms. The fourth-order valence-electron chi connectivity index (χ4n) is 1.95. The van der Waals surface area contributed by atoms with Gasteiger partial charge in [-0.2, -0.15) is 5.26 Å². The van der Waals surface area contributed by atoms with Gasteiger partial charge >= 0.3 is 11.9 Å². The molecule has 0 aliphatic heterocycles. The van der Waals surface area contributed by atoms with E-state index in [-0.39, 0.29) is 22.5 Å². The Balaban J connectivity index is 2.75. The molecule has 0 aliphatic carbocycles. The monoisotopic (exact) mass is 363 g/mol. The lowest BCUT2D eigenvalue weighted by Crippen LogP contribution is -2.11. The third kappa shape index (κ3) is 2.66. The minimum absolute atomic E-state index is 0.0194. The summed E-state index contributed by atoms with van der Waals surface area (Å²) in [6.45, 7) is 0. The smallest absolute Gasteiger partial charge is 0.357 e. The Morgan fingerprint density at radius 3 is 2.64 bits per heavy atom. The molecule has 2 aromatic rings. The van der Waals surface area contributed by atoms with Crippen molar-refractivity contribution in [3.8, 4) is 11.8 Å². The van der Waals surface area contributed by atoms with Crippen LogP contribution in [-0.4, -0.2) is 28.7 Å². The molecule has 0 saturated heterocycles. The number of halogens is 1. The van der Waals surface area contributed by atoms with E-state index in [1.165, 1.54) is 30.0 Å². The van der Waals surface area contributed by atoms with Crippen LogP contribution in [-0.2, 0) is 4.74 Å². The Kier molecular flexibility index (Phi) is 4.19. The van der Waals surface area contributed by atoms with Crippen molar-refractivity contribution >= 4 is 33.6 Å². The Morgan fingerprint density at radius 1 is 1.41 bits per heavy atom. The Morgan fingerprint density at radius 2 is 2.09 bits per heavy atom. The number of nitrogen functional groups attached to an aromatic ring is 1. The minimum atomic E-state index is -1.12. The van der Waals surface area contributed by atoms with Crippen LogP contribution in [0.3, 0.4) is 0 Å². The number of carboxylic acid groups (broad SMARTS) is 1. The number of nitriles is 1. The number of esters is 1. The van der Waals surface area contributed by atoms with Gasteiger partial charge in [0.15, 0.2) is 5.69 Å². The molecule has 0 saturated carbocycles. The molecule has 112 valence electrons. The van der Waals surface area contributed by atoms with Crippen molar-refractivity contribution in [1.29, 1.82) is 5.26 Å². The van der Waals surface area contributed by atoms with Gasteiger partial charge in [0, 0.05) is 16.4 Å². The molecule has 0 aliphatic rings. The summed E-state index contributed by atoms with van der Waals surface area (Å²) in [7, 11) is 1.19. The molecule has 0 atom stereocenters. The summed E-state index contributed by atoms with van der Waals surface area (Å²) in [5, 5.41) is 18.2. The van der Waals surface area contributed by atoms with Gasteiger partial charge in [-0.1, -0.05) is 15.9 Å². The Bertz CT molecular complexity index is 820. The van der Waals surface area contributed by atoms with E-state index in [2.05, 4.69) is 20.7 Å². The van der Waals surface area contributed by atoms with Gasteiger partial charge in [-0.05, 0) is 18.2 Å². The first kappa shape index (κ1) is 15.6. The van der Waals surface area contributed by atoms with Gasteiger partial charge in [0.05, 0.1) is 23.9 Å². The molecule has 0 unspecified atom stereocenters. The van der Waals surface area contributed by atoms with Crippen molar-refractivity contribution in [3.05, 3.63) is 45.7 Å². The zero-order valence-corrected chi connectivity index (χ0v) is 12.9. The average molecular weight is 364 g/mol. The van der Waals surface area contributed by atoms with Gasteiger partial charge in [0.25, 0.3) is 0 Å². The summed E-state index contributed by atoms with van der Waals surface area (Å²) < 4.78 is 6.50. The van der Waals surface area contributed by atoms with E-state index in [1.807, 2.05) is 6.07 Å². The molecular weight excluding hydrogens is 354 g/mol. The molecular formula is C14H10BrN3O4. The maximum Gasteiger partial charge on any atom is 0.357 e. The maximum atomic E-state index is 11.9. The summed E-state index contributed by atoms with van der Waals surface area (Å²) in [4.78, 5) is 23.0. The summed E-state index contributed by atoms with van der Waals surface area (Å²) in [6.07, 6.45) is 1.36. The summed E-state index contributed by atoms with van der Waals surface area (Å²) >= 11 is 3.21. The Labute approximate surface area is 133 Å². The van der Waals surface area contributed by atoms with Crippen LogP contribution in [0.4, 0.5) is 5.69 Å². The average Bonchev–Trinajstić information content (AvgIpc) is 2.82. The lowest BCUT2D eigenvalue weighted by Gasteiger charge is -2.10. The molecule has 1 aromatic heterocycles. The highest BCUT2D eigenvalue weighted by atomic mass is 79.9. The topological polar surface area (TPSA) is 118 Å². The van der Waals surface area contributed by atoms with Gasteiger partial charge in [0.1, 0.15) is 6.07 Å². The number of anilines is 1. The van der Waals surface area contributed by atoms with Crippen LogP contribution in [0.5, 0.6) is 0 Å². The van der Waals surface area contributed by atoms with E-state index in [0.717, 1.165) is 0 Å². The summed E-state index contributed by atoms with van der Waals surface area (Å²) in [5.41, 5.74) is 6.21. The second-order valence-electron chi connectivity index (χ2n) is 4.28. The van der Waals surface area contributed by atoms with Crippen LogP contribution in [0.2, 0.25) is 0 Å². The largest absolute Gasteiger partial charge is 0.478 e. The molecule has 0 radical (unpaired) electrons. The third-order valence-corrected chi connectivity index (χ3v) is 3.41. The molecule has 0 spiro atoms. The highest BCUT2D eigenvalue weighted by Gasteiger charge is 2.22. The first-order valence-corrected chi connectivity index (χ1v) is 6.71. The molecule has 3 N–H and O–H groups in total. The Hall–Kier alpha value is -2.79. The number of nitrogens with zero attached hydrogens (tertiary/aromatic N) is 2. The van der Waals surface area contributed by atoms with Gasteiger partial charge in [-0.3, -0.25) is 0 Å². The molecule has 7 nitrogen and oxygen atoms in total. The van der Waals surface area contributed by atoms with Crippen LogP contribution in [0, 0.1) is 11.3 Å². The van der Waals surface area contributed by atoms with E-state index in [0.29, 0.717) is 10.2 Å². The first-order valence-electron chi connectivity index (χ1n) is 5.92. The lowest BCUT2D eigenvalue weighted by atomic mass is 10.2. The van der Waals surface area contributed by atoms with Crippen molar-refractivity contribution in [3.63, 3.8) is 0 Å². The number of carbonyl (C=O) groups excluding carboxylic acids is 1. The zero-order valence-electron chi connectivity index (χ0n) is 11.3. The summed E-state index contributed by atoms with van der Waals surface area (Å²) in [6, 6.07) is 6.25. The van der Waals surface area contributed by atoms with Crippen molar-refractivity contribution in [2.24, 2.45) is 0 Å². The maximum absolute atomic E-state index is 11.9. The normalized spacial score (nSPS) is 10.0. The predicted molar refractivity (Wildman–Crippen MR) is 80.9 cm³/mol. The number of hydrogen-bond donors (Lipinski definition) is 2. The molecule has 0 fully saturated rings. The fraction of sp³-hybridized carbons (Fsp3) is 0.0714. The highest BCUT2D eigenvalue weighted by molar-refractivity contribution is 9.10. The van der Waals surface area contributed by atoms with E-state index in [9.17, 15) is 9.59 Å². The quantitative estimate of drug-likeness (QED) is 0.806. The first-order chi connectivity index (χ1) is 10.4. The number of methoxy groups -OCH3 is 1. The van der Waals surface area contributed by atoms with E-state index >= 15 is 0 Å². The SMILES string of the molecule is COC(=O)c1c(N)c(C#N)cn1-c1cc(Br)cc(C(=O)O)c1. The number of aromatic nitrogens is 1. The predicted octanol–water partition coefficient (Wildman–Crippen LogP) is 2.18. The number of carbonyl (C=O) groups is 2. The molecule has 2 rings (SSSR count). The third-order valence-electron chi connectivity index (χ3n) is 2.95. The second-order valence-corrected chi connectivity index (χ2v) is 5.20. The molecule has 22 heavy (non-hydrogen) atoms. The van der Waals surface area contributed by atoms with Crippen LogP contribution in [0.1, 0.15) is 26.4 Å². The number of ether oxygens (including phenoxy) is 1. The minimum Gasteiger partial charge on any atom is -0.478 e. The zero-order chi connectivity index (χ0) is 16.4. The number of hydrogen-bond acceptors (Lipinski definition) is 5. The highest BCUT2D eigenvalue weighted by Crippen LogP contribution is 2.27. The standard InChI is InChI=1S/C14H10BrN3O4/c1-22-14(21)12-11(17)8(5-16)6-18(12)10-3-7(13(19)20)2-9(15)4-10/h2-4,6H,17H2,1H3,(H,19,20). The van der Waals surface area contributed by atoms with E-state index in [4.69, 9.17) is 16.1 Å². The van der Waals surface area contributed by atoms with Gasteiger partial charge in [-0.25, -0.2) is 9.59 Å². The van der Waals surface area contributed by atoms with Gasteiger partial charge in [0.2, 0.25) is 0 Å². The molecule has 8 heteroatoms. The molecule has 0 amide bonds. The number of carboxylic acids is 1. The van der Waals surface area contributed by atoms with E-state index in [1.54, 1.807) is 6.07 Å². The lowest BCUT2D eigenvalue weighted by molar-refractivity contribution is 0.0592. The van der Waals surface area contributed by atoms with Crippen molar-refractivity contribution in [1.82, 2.24) is 4.57 Å².